The van der Waals surface area contributed by atoms with Crippen LogP contribution in [0.1, 0.15) is 24.0 Å². The summed E-state index contributed by atoms with van der Waals surface area (Å²) < 4.78 is 1.78. The number of urea groups is 1. The number of carbonyl (C=O) groups excluding carboxylic acids is 1. The van der Waals surface area contributed by atoms with Crippen LogP contribution >= 0.6 is 0 Å². The van der Waals surface area contributed by atoms with Crippen molar-refractivity contribution in [3.8, 4) is 0 Å². The highest BCUT2D eigenvalue weighted by molar-refractivity contribution is 5.75. The summed E-state index contributed by atoms with van der Waals surface area (Å²) in [7, 11) is 1.90. The Hall–Kier alpha value is -2.56. The highest BCUT2D eigenvalue weighted by Crippen LogP contribution is 2.19. The Kier molecular flexibility index (Phi) is 5.31. The lowest BCUT2D eigenvalue weighted by Crippen LogP contribution is -2.42. The third-order valence-electron chi connectivity index (χ3n) is 4.32. The van der Waals surface area contributed by atoms with Crippen molar-refractivity contribution in [1.82, 2.24) is 20.0 Å². The molecule has 1 saturated heterocycles. The summed E-state index contributed by atoms with van der Waals surface area (Å²) in [4.78, 5) is 14.4. The molecule has 0 radical (unpaired) electrons. The normalized spacial score (nSPS) is 17.5. The van der Waals surface area contributed by atoms with Crippen molar-refractivity contribution in [2.75, 3.05) is 13.1 Å². The second kappa shape index (κ2) is 7.81. The molecule has 5 heteroatoms. The summed E-state index contributed by atoms with van der Waals surface area (Å²) in [6.45, 7) is 1.46. The Labute approximate surface area is 143 Å². The second-order valence-electron chi connectivity index (χ2n) is 6.18. The Morgan fingerprint density at radius 1 is 1.38 bits per heavy atom. The zero-order valence-corrected chi connectivity index (χ0v) is 14.1. The number of nitrogens with one attached hydrogen (secondary N) is 1. The van der Waals surface area contributed by atoms with Crippen LogP contribution in [0.5, 0.6) is 0 Å². The minimum Gasteiger partial charge on any atom is -0.338 e. The van der Waals surface area contributed by atoms with Crippen molar-refractivity contribution < 1.29 is 4.79 Å². The number of hydrogen-bond donors (Lipinski definition) is 1. The van der Waals surface area contributed by atoms with Gasteiger partial charge in [-0.1, -0.05) is 42.5 Å². The number of nitrogens with zero attached hydrogens (tertiary/aromatic N) is 3. The molecular formula is C19H24N4O. The van der Waals surface area contributed by atoms with Crippen LogP contribution in [0.4, 0.5) is 4.79 Å². The van der Waals surface area contributed by atoms with Gasteiger partial charge in [-0.3, -0.25) is 4.68 Å². The standard InChI is InChI=1S/C19H24N4O/c1-22-15-17(14-21-22)11-12-20-19(24)23-13-5-8-18(23)10-9-16-6-3-2-4-7-16/h2-4,6-7,9-10,14-15,18H,5,8,11-13H2,1H3,(H,20,24)/b10-9+. The van der Waals surface area contributed by atoms with Gasteiger partial charge >= 0.3 is 6.03 Å². The van der Waals surface area contributed by atoms with Gasteiger partial charge in [0.1, 0.15) is 0 Å². The molecule has 0 saturated carbocycles. The first-order valence-corrected chi connectivity index (χ1v) is 8.47. The van der Waals surface area contributed by atoms with E-state index in [1.807, 2.05) is 42.5 Å². The monoisotopic (exact) mass is 324 g/mol. The van der Waals surface area contributed by atoms with Gasteiger partial charge in [0.25, 0.3) is 0 Å². The van der Waals surface area contributed by atoms with Gasteiger partial charge in [-0.05, 0) is 30.4 Å². The van der Waals surface area contributed by atoms with Crippen LogP contribution in [0.3, 0.4) is 0 Å². The van der Waals surface area contributed by atoms with Crippen molar-refractivity contribution in [2.45, 2.75) is 25.3 Å². The summed E-state index contributed by atoms with van der Waals surface area (Å²) in [6.07, 6.45) is 11.0. The van der Waals surface area contributed by atoms with Crippen molar-refractivity contribution in [3.05, 3.63) is 59.9 Å². The van der Waals surface area contributed by atoms with Gasteiger partial charge in [-0.15, -0.1) is 0 Å². The molecule has 1 N–H and O–H groups in total. The fourth-order valence-electron chi connectivity index (χ4n) is 3.05. The molecule has 1 aromatic carbocycles. The van der Waals surface area contributed by atoms with Crippen molar-refractivity contribution >= 4 is 12.1 Å². The average molecular weight is 324 g/mol. The van der Waals surface area contributed by atoms with E-state index in [1.54, 1.807) is 4.68 Å². The summed E-state index contributed by atoms with van der Waals surface area (Å²) in [5.41, 5.74) is 2.31. The Balaban J connectivity index is 1.50. The van der Waals surface area contributed by atoms with E-state index >= 15 is 0 Å². The molecule has 2 amide bonds. The molecule has 3 rings (SSSR count). The molecule has 1 atom stereocenters. The Bertz CT molecular complexity index is 692. The molecule has 1 aliphatic rings. The number of carbonyl (C=O) groups is 1. The number of amides is 2. The molecule has 2 heterocycles. The largest absolute Gasteiger partial charge is 0.338 e. The molecule has 24 heavy (non-hydrogen) atoms. The third-order valence-corrected chi connectivity index (χ3v) is 4.32. The maximum Gasteiger partial charge on any atom is 0.317 e. The highest BCUT2D eigenvalue weighted by atomic mass is 16.2. The van der Waals surface area contributed by atoms with Crippen LogP contribution in [0.25, 0.3) is 6.08 Å². The van der Waals surface area contributed by atoms with Gasteiger partial charge in [0.15, 0.2) is 0 Å². The van der Waals surface area contributed by atoms with E-state index in [0.29, 0.717) is 6.54 Å². The van der Waals surface area contributed by atoms with E-state index in [9.17, 15) is 4.79 Å². The topological polar surface area (TPSA) is 50.2 Å². The third kappa shape index (κ3) is 4.25. The number of aryl methyl sites for hydroxylation is 1. The van der Waals surface area contributed by atoms with Crippen LogP contribution < -0.4 is 5.32 Å². The molecule has 126 valence electrons. The molecule has 1 unspecified atom stereocenters. The molecular weight excluding hydrogens is 300 g/mol. The lowest BCUT2D eigenvalue weighted by Gasteiger charge is -2.22. The molecule has 0 spiro atoms. The van der Waals surface area contributed by atoms with Gasteiger partial charge in [0.05, 0.1) is 12.2 Å². The highest BCUT2D eigenvalue weighted by Gasteiger charge is 2.26. The summed E-state index contributed by atoms with van der Waals surface area (Å²) >= 11 is 0. The quantitative estimate of drug-likeness (QED) is 0.919. The lowest BCUT2D eigenvalue weighted by atomic mass is 10.1. The molecule has 1 aliphatic heterocycles. The summed E-state index contributed by atoms with van der Waals surface area (Å²) in [5.74, 6) is 0. The maximum absolute atomic E-state index is 12.4. The van der Waals surface area contributed by atoms with Crippen LogP contribution in [-0.4, -0.2) is 39.8 Å². The first-order valence-electron chi connectivity index (χ1n) is 8.47. The predicted octanol–water partition coefficient (Wildman–Crippen LogP) is 2.85. The van der Waals surface area contributed by atoms with Crippen LogP contribution in [0.15, 0.2) is 48.8 Å². The Morgan fingerprint density at radius 2 is 2.21 bits per heavy atom. The molecule has 5 nitrogen and oxygen atoms in total. The first-order chi connectivity index (χ1) is 11.7. The molecule has 0 bridgehead atoms. The minimum absolute atomic E-state index is 0.0269. The molecule has 1 fully saturated rings. The van der Waals surface area contributed by atoms with Crippen LogP contribution in [-0.2, 0) is 13.5 Å². The smallest absolute Gasteiger partial charge is 0.317 e. The van der Waals surface area contributed by atoms with E-state index < -0.39 is 0 Å². The first kappa shape index (κ1) is 16.3. The van der Waals surface area contributed by atoms with Crippen molar-refractivity contribution in [1.29, 1.82) is 0 Å². The van der Waals surface area contributed by atoms with E-state index in [-0.39, 0.29) is 12.1 Å². The van der Waals surface area contributed by atoms with E-state index in [4.69, 9.17) is 0 Å². The van der Waals surface area contributed by atoms with Gasteiger partial charge in [0, 0.05) is 26.3 Å². The minimum atomic E-state index is 0.0269. The molecule has 0 aliphatic carbocycles. The van der Waals surface area contributed by atoms with Crippen molar-refractivity contribution in [2.24, 2.45) is 7.05 Å². The van der Waals surface area contributed by atoms with E-state index in [2.05, 4.69) is 34.7 Å². The number of likely N-dealkylation sites (tertiary alicyclic amines) is 1. The lowest BCUT2D eigenvalue weighted by molar-refractivity contribution is 0.200. The average Bonchev–Trinajstić information content (AvgIpc) is 3.23. The molecule has 2 aromatic rings. The van der Waals surface area contributed by atoms with Crippen molar-refractivity contribution in [3.63, 3.8) is 0 Å². The zero-order valence-electron chi connectivity index (χ0n) is 14.1. The SMILES string of the molecule is Cn1cc(CCNC(=O)N2CCCC2/C=C/c2ccccc2)cn1. The van der Waals surface area contributed by atoms with E-state index in [1.165, 1.54) is 5.56 Å². The van der Waals surface area contributed by atoms with E-state index in [0.717, 1.165) is 31.4 Å². The number of rotatable bonds is 5. The van der Waals surface area contributed by atoms with Crippen LogP contribution in [0, 0.1) is 0 Å². The molecule has 1 aromatic heterocycles. The maximum atomic E-state index is 12.4. The predicted molar refractivity (Wildman–Crippen MR) is 95.5 cm³/mol. The number of aromatic nitrogens is 2. The fraction of sp³-hybridized carbons (Fsp3) is 0.368. The fourth-order valence-corrected chi connectivity index (χ4v) is 3.05. The van der Waals surface area contributed by atoms with Crippen LogP contribution in [0.2, 0.25) is 0 Å². The second-order valence-corrected chi connectivity index (χ2v) is 6.18. The summed E-state index contributed by atoms with van der Waals surface area (Å²) in [6, 6.07) is 10.4. The van der Waals surface area contributed by atoms with Gasteiger partial charge in [-0.2, -0.15) is 5.10 Å². The number of hydrogen-bond acceptors (Lipinski definition) is 2. The van der Waals surface area contributed by atoms with Gasteiger partial charge in [-0.25, -0.2) is 4.79 Å². The Morgan fingerprint density at radius 3 is 2.96 bits per heavy atom. The summed E-state index contributed by atoms with van der Waals surface area (Å²) in [5, 5.41) is 7.17. The number of benzene rings is 1. The van der Waals surface area contributed by atoms with Gasteiger partial charge < -0.3 is 10.2 Å². The zero-order chi connectivity index (χ0) is 16.8. The van der Waals surface area contributed by atoms with Gasteiger partial charge in [0.2, 0.25) is 0 Å².